The van der Waals surface area contributed by atoms with Crippen molar-refractivity contribution in [2.75, 3.05) is 0 Å². The summed E-state index contributed by atoms with van der Waals surface area (Å²) in [5, 5.41) is 3.37. The highest BCUT2D eigenvalue weighted by molar-refractivity contribution is 14.1. The molecule has 16 heavy (non-hydrogen) atoms. The number of hydrogen-bond acceptors (Lipinski definition) is 2. The molecule has 84 valence electrons. The second-order valence-electron chi connectivity index (χ2n) is 3.73. The molecule has 2 aromatic rings. The highest BCUT2D eigenvalue weighted by atomic mass is 127. The molecule has 0 aliphatic heterocycles. The smallest absolute Gasteiger partial charge is 0.117 e. The Kier molecular flexibility index (Phi) is 4.01. The zero-order valence-electron chi connectivity index (χ0n) is 9.16. The van der Waals surface area contributed by atoms with Gasteiger partial charge in [-0.2, -0.15) is 0 Å². The predicted octanol–water partition coefficient (Wildman–Crippen LogP) is 3.48. The van der Waals surface area contributed by atoms with Gasteiger partial charge in [-0.25, -0.2) is 0 Å². The zero-order chi connectivity index (χ0) is 11.4. The third kappa shape index (κ3) is 2.86. The number of furan rings is 1. The standard InChI is InChI=1S/C13H14INO/c1-10-4-2-5-11(13(10)14)8-15-9-12-6-3-7-16-12/h2-7,15H,8-9H2,1H3. The van der Waals surface area contributed by atoms with Gasteiger partial charge >= 0.3 is 0 Å². The van der Waals surface area contributed by atoms with Crippen molar-refractivity contribution in [3.05, 3.63) is 57.1 Å². The molecular formula is C13H14INO. The summed E-state index contributed by atoms with van der Waals surface area (Å²) in [7, 11) is 0. The van der Waals surface area contributed by atoms with Gasteiger partial charge in [0.1, 0.15) is 5.76 Å². The van der Waals surface area contributed by atoms with E-state index >= 15 is 0 Å². The Hall–Kier alpha value is -0.810. The van der Waals surface area contributed by atoms with E-state index in [2.05, 4.69) is 53.0 Å². The van der Waals surface area contributed by atoms with Gasteiger partial charge in [0.25, 0.3) is 0 Å². The number of halogens is 1. The van der Waals surface area contributed by atoms with Crippen LogP contribution in [0, 0.1) is 10.5 Å². The average molecular weight is 327 g/mol. The van der Waals surface area contributed by atoms with Crippen LogP contribution in [0.5, 0.6) is 0 Å². The predicted molar refractivity (Wildman–Crippen MR) is 73.1 cm³/mol. The van der Waals surface area contributed by atoms with Gasteiger partial charge in [-0.05, 0) is 52.8 Å². The molecule has 2 rings (SSSR count). The van der Waals surface area contributed by atoms with Crippen molar-refractivity contribution in [3.8, 4) is 0 Å². The molecule has 0 radical (unpaired) electrons. The number of benzene rings is 1. The minimum absolute atomic E-state index is 0.775. The van der Waals surface area contributed by atoms with Crippen LogP contribution in [0.15, 0.2) is 41.0 Å². The summed E-state index contributed by atoms with van der Waals surface area (Å²) in [5.74, 6) is 0.975. The molecule has 0 aliphatic rings. The first-order valence-corrected chi connectivity index (χ1v) is 6.32. The Morgan fingerprint density at radius 3 is 2.81 bits per heavy atom. The fourth-order valence-corrected chi connectivity index (χ4v) is 2.13. The lowest BCUT2D eigenvalue weighted by Gasteiger charge is -2.07. The molecule has 1 heterocycles. The third-order valence-electron chi connectivity index (χ3n) is 2.47. The van der Waals surface area contributed by atoms with Crippen LogP contribution in [0.1, 0.15) is 16.9 Å². The molecule has 0 atom stereocenters. The summed E-state index contributed by atoms with van der Waals surface area (Å²) in [6, 6.07) is 10.3. The van der Waals surface area contributed by atoms with Gasteiger partial charge < -0.3 is 9.73 Å². The van der Waals surface area contributed by atoms with Crippen molar-refractivity contribution in [3.63, 3.8) is 0 Å². The maximum absolute atomic E-state index is 5.26. The van der Waals surface area contributed by atoms with E-state index in [1.807, 2.05) is 12.1 Å². The Bertz CT molecular complexity index is 451. The molecule has 0 saturated heterocycles. The Balaban J connectivity index is 1.92. The fourth-order valence-electron chi connectivity index (χ4n) is 1.58. The average Bonchev–Trinajstić information content (AvgIpc) is 2.77. The second kappa shape index (κ2) is 5.50. The van der Waals surface area contributed by atoms with E-state index in [0.29, 0.717) is 0 Å². The van der Waals surface area contributed by atoms with Crippen molar-refractivity contribution in [2.45, 2.75) is 20.0 Å². The number of aryl methyl sites for hydroxylation is 1. The molecule has 0 bridgehead atoms. The summed E-state index contributed by atoms with van der Waals surface area (Å²) in [6.07, 6.45) is 1.70. The minimum atomic E-state index is 0.775. The Labute approximate surface area is 109 Å². The van der Waals surface area contributed by atoms with E-state index in [-0.39, 0.29) is 0 Å². The lowest BCUT2D eigenvalue weighted by Crippen LogP contribution is -2.13. The van der Waals surface area contributed by atoms with Gasteiger partial charge in [-0.15, -0.1) is 0 Å². The number of rotatable bonds is 4. The molecule has 3 heteroatoms. The lowest BCUT2D eigenvalue weighted by atomic mass is 10.1. The van der Waals surface area contributed by atoms with Crippen LogP contribution >= 0.6 is 22.6 Å². The molecule has 0 aliphatic carbocycles. The van der Waals surface area contributed by atoms with E-state index in [1.54, 1.807) is 6.26 Å². The quantitative estimate of drug-likeness (QED) is 0.870. The lowest BCUT2D eigenvalue weighted by molar-refractivity contribution is 0.483. The summed E-state index contributed by atoms with van der Waals surface area (Å²) in [4.78, 5) is 0. The summed E-state index contributed by atoms with van der Waals surface area (Å²) >= 11 is 2.39. The van der Waals surface area contributed by atoms with E-state index in [1.165, 1.54) is 14.7 Å². The molecule has 0 unspecified atom stereocenters. The summed E-state index contributed by atoms with van der Waals surface area (Å²) in [5.41, 5.74) is 2.67. The molecule has 0 spiro atoms. The topological polar surface area (TPSA) is 25.2 Å². The normalized spacial score (nSPS) is 10.6. The van der Waals surface area contributed by atoms with Crippen LogP contribution in [0.2, 0.25) is 0 Å². The van der Waals surface area contributed by atoms with Crippen LogP contribution < -0.4 is 5.32 Å². The fraction of sp³-hybridized carbons (Fsp3) is 0.231. The van der Waals surface area contributed by atoms with E-state index in [9.17, 15) is 0 Å². The van der Waals surface area contributed by atoms with Crippen LogP contribution in [-0.4, -0.2) is 0 Å². The van der Waals surface area contributed by atoms with Gasteiger partial charge in [-0.1, -0.05) is 18.2 Å². The summed E-state index contributed by atoms with van der Waals surface area (Å²) < 4.78 is 6.60. The van der Waals surface area contributed by atoms with Gasteiger partial charge in [0.15, 0.2) is 0 Å². The highest BCUT2D eigenvalue weighted by Gasteiger charge is 2.02. The second-order valence-corrected chi connectivity index (χ2v) is 4.81. The van der Waals surface area contributed by atoms with Crippen LogP contribution in [0.4, 0.5) is 0 Å². The molecule has 1 aromatic carbocycles. The molecular weight excluding hydrogens is 313 g/mol. The van der Waals surface area contributed by atoms with E-state index < -0.39 is 0 Å². The Morgan fingerprint density at radius 1 is 1.19 bits per heavy atom. The zero-order valence-corrected chi connectivity index (χ0v) is 11.3. The van der Waals surface area contributed by atoms with Crippen molar-refractivity contribution >= 4 is 22.6 Å². The Morgan fingerprint density at radius 2 is 2.06 bits per heavy atom. The van der Waals surface area contributed by atoms with E-state index in [4.69, 9.17) is 4.42 Å². The largest absolute Gasteiger partial charge is 0.468 e. The molecule has 0 fully saturated rings. The van der Waals surface area contributed by atoms with Gasteiger partial charge in [-0.3, -0.25) is 0 Å². The number of nitrogens with one attached hydrogen (secondary N) is 1. The molecule has 0 amide bonds. The van der Waals surface area contributed by atoms with Gasteiger partial charge in [0.05, 0.1) is 12.8 Å². The first kappa shape index (κ1) is 11.7. The monoisotopic (exact) mass is 327 g/mol. The van der Waals surface area contributed by atoms with E-state index in [0.717, 1.165) is 18.8 Å². The van der Waals surface area contributed by atoms with Crippen LogP contribution in [0.3, 0.4) is 0 Å². The number of hydrogen-bond donors (Lipinski definition) is 1. The molecule has 1 aromatic heterocycles. The minimum Gasteiger partial charge on any atom is -0.468 e. The van der Waals surface area contributed by atoms with Crippen molar-refractivity contribution in [1.29, 1.82) is 0 Å². The maximum Gasteiger partial charge on any atom is 0.117 e. The van der Waals surface area contributed by atoms with Gasteiger partial charge in [0.2, 0.25) is 0 Å². The molecule has 0 saturated carbocycles. The van der Waals surface area contributed by atoms with Gasteiger partial charge in [0, 0.05) is 10.1 Å². The highest BCUT2D eigenvalue weighted by Crippen LogP contribution is 2.16. The first-order valence-electron chi connectivity index (χ1n) is 5.24. The molecule has 1 N–H and O–H groups in total. The van der Waals surface area contributed by atoms with Crippen LogP contribution in [-0.2, 0) is 13.1 Å². The van der Waals surface area contributed by atoms with Crippen molar-refractivity contribution < 1.29 is 4.42 Å². The van der Waals surface area contributed by atoms with Crippen molar-refractivity contribution in [2.24, 2.45) is 0 Å². The molecule has 2 nitrogen and oxygen atoms in total. The summed E-state index contributed by atoms with van der Waals surface area (Å²) in [6.45, 7) is 3.79. The van der Waals surface area contributed by atoms with Crippen LogP contribution in [0.25, 0.3) is 0 Å². The maximum atomic E-state index is 5.26. The first-order chi connectivity index (χ1) is 7.77. The third-order valence-corrected chi connectivity index (χ3v) is 4.01. The SMILES string of the molecule is Cc1cccc(CNCc2ccco2)c1I. The van der Waals surface area contributed by atoms with Crippen molar-refractivity contribution in [1.82, 2.24) is 5.32 Å².